The van der Waals surface area contributed by atoms with Gasteiger partial charge in [0.1, 0.15) is 0 Å². The molecule has 0 aliphatic carbocycles. The van der Waals surface area contributed by atoms with Gasteiger partial charge in [-0.25, -0.2) is 0 Å². The van der Waals surface area contributed by atoms with Gasteiger partial charge in [0.2, 0.25) is 5.91 Å². The van der Waals surface area contributed by atoms with Crippen molar-refractivity contribution in [3.05, 3.63) is 29.8 Å². The highest BCUT2D eigenvalue weighted by Gasteiger charge is 2.20. The highest BCUT2D eigenvalue weighted by molar-refractivity contribution is 5.94. The van der Waals surface area contributed by atoms with Crippen molar-refractivity contribution in [3.63, 3.8) is 0 Å². The molecule has 1 atom stereocenters. The number of rotatable bonds is 5. The van der Waals surface area contributed by atoms with Crippen molar-refractivity contribution in [3.8, 4) is 6.07 Å². The maximum Gasteiger partial charge on any atom is 0.241 e. The fourth-order valence-electron chi connectivity index (χ4n) is 1.88. The summed E-state index contributed by atoms with van der Waals surface area (Å²) < 4.78 is 0. The van der Waals surface area contributed by atoms with Crippen LogP contribution in [0.4, 0.5) is 5.69 Å². The number of carbonyl (C=O) groups excluding carboxylic acids is 1. The van der Waals surface area contributed by atoms with Crippen LogP contribution >= 0.6 is 0 Å². The minimum absolute atomic E-state index is 0.175. The molecular formula is C16H23N3O. The highest BCUT2D eigenvalue weighted by Crippen LogP contribution is 2.23. The van der Waals surface area contributed by atoms with E-state index in [0.29, 0.717) is 18.0 Å². The summed E-state index contributed by atoms with van der Waals surface area (Å²) in [7, 11) is 0. The summed E-state index contributed by atoms with van der Waals surface area (Å²) in [6.07, 6.45) is 0.658. The molecule has 0 saturated carbocycles. The molecule has 0 spiro atoms. The second kappa shape index (κ2) is 6.53. The Balaban J connectivity index is 2.71. The van der Waals surface area contributed by atoms with Crippen molar-refractivity contribution >= 4 is 11.6 Å². The van der Waals surface area contributed by atoms with E-state index in [1.807, 2.05) is 39.8 Å². The molecule has 1 aromatic rings. The third-order valence-electron chi connectivity index (χ3n) is 3.22. The van der Waals surface area contributed by atoms with Crippen LogP contribution in [0.1, 0.15) is 39.7 Å². The second-order valence-electron chi connectivity index (χ2n) is 6.04. The van der Waals surface area contributed by atoms with Gasteiger partial charge in [-0.15, -0.1) is 0 Å². The zero-order valence-corrected chi connectivity index (χ0v) is 12.6. The number of nitrogens with one attached hydrogen (secondary N) is 1. The smallest absolute Gasteiger partial charge is 0.241 e. The molecule has 0 unspecified atom stereocenters. The van der Waals surface area contributed by atoms with E-state index in [-0.39, 0.29) is 5.91 Å². The van der Waals surface area contributed by atoms with Crippen LogP contribution < -0.4 is 11.1 Å². The van der Waals surface area contributed by atoms with Crippen LogP contribution in [0.5, 0.6) is 0 Å². The number of nitriles is 1. The number of nitrogens with two attached hydrogens (primary N) is 1. The van der Waals surface area contributed by atoms with Crippen LogP contribution in [-0.2, 0) is 10.2 Å². The van der Waals surface area contributed by atoms with Crippen LogP contribution in [0.3, 0.4) is 0 Å². The lowest BCUT2D eigenvalue weighted by Gasteiger charge is -2.17. The number of hydrogen-bond donors (Lipinski definition) is 2. The molecule has 3 N–H and O–H groups in total. The summed E-state index contributed by atoms with van der Waals surface area (Å²) in [5.74, 6) is 0.209. The Bertz CT molecular complexity index is 497. The molecule has 108 valence electrons. The van der Waals surface area contributed by atoms with E-state index in [1.54, 1.807) is 12.1 Å². The molecule has 1 amide bonds. The highest BCUT2D eigenvalue weighted by atomic mass is 16.2. The molecular weight excluding hydrogens is 250 g/mol. The van der Waals surface area contributed by atoms with Crippen molar-refractivity contribution in [1.29, 1.82) is 5.26 Å². The third-order valence-corrected chi connectivity index (χ3v) is 3.22. The number of amides is 1. The maximum atomic E-state index is 11.9. The normalized spacial score (nSPS) is 12.8. The minimum Gasteiger partial charge on any atom is -0.325 e. The molecule has 0 aromatic heterocycles. The van der Waals surface area contributed by atoms with Gasteiger partial charge in [0.05, 0.1) is 17.5 Å². The van der Waals surface area contributed by atoms with E-state index in [2.05, 4.69) is 11.4 Å². The molecule has 0 fully saturated rings. The Morgan fingerprint density at radius 3 is 2.35 bits per heavy atom. The van der Waals surface area contributed by atoms with Crippen LogP contribution in [0.15, 0.2) is 24.3 Å². The van der Waals surface area contributed by atoms with Crippen LogP contribution in [0.2, 0.25) is 0 Å². The van der Waals surface area contributed by atoms with E-state index in [0.717, 1.165) is 5.56 Å². The SMILES string of the molecule is CC(C)C[C@@H](N)C(=O)Nc1ccc(C(C)(C)C#N)cc1. The predicted molar refractivity (Wildman–Crippen MR) is 81.1 cm³/mol. The van der Waals surface area contributed by atoms with Crippen molar-refractivity contribution in [2.45, 2.75) is 45.6 Å². The number of benzene rings is 1. The Morgan fingerprint density at radius 1 is 1.35 bits per heavy atom. The van der Waals surface area contributed by atoms with Gasteiger partial charge >= 0.3 is 0 Å². The molecule has 0 aliphatic rings. The van der Waals surface area contributed by atoms with Gasteiger partial charge in [-0.2, -0.15) is 5.26 Å². The minimum atomic E-state index is -0.531. The monoisotopic (exact) mass is 273 g/mol. The first-order valence-electron chi connectivity index (χ1n) is 6.84. The van der Waals surface area contributed by atoms with E-state index < -0.39 is 11.5 Å². The van der Waals surface area contributed by atoms with Crippen LogP contribution in [0, 0.1) is 17.2 Å². The quantitative estimate of drug-likeness (QED) is 0.865. The molecule has 0 aliphatic heterocycles. The number of anilines is 1. The van der Waals surface area contributed by atoms with Crippen LogP contribution in [-0.4, -0.2) is 11.9 Å². The molecule has 0 saturated heterocycles. The lowest BCUT2D eigenvalue weighted by molar-refractivity contribution is -0.117. The Hall–Kier alpha value is -1.86. The van der Waals surface area contributed by atoms with Crippen molar-refractivity contribution in [1.82, 2.24) is 0 Å². The Morgan fingerprint density at radius 2 is 1.90 bits per heavy atom. The summed E-state index contributed by atoms with van der Waals surface area (Å²) in [5.41, 5.74) is 6.92. The maximum absolute atomic E-state index is 11.9. The topological polar surface area (TPSA) is 78.9 Å². The molecule has 4 heteroatoms. The fraction of sp³-hybridized carbons (Fsp3) is 0.500. The van der Waals surface area contributed by atoms with Gasteiger partial charge < -0.3 is 11.1 Å². The summed E-state index contributed by atoms with van der Waals surface area (Å²) in [6.45, 7) is 7.79. The number of nitrogens with zero attached hydrogens (tertiary/aromatic N) is 1. The molecule has 0 heterocycles. The molecule has 20 heavy (non-hydrogen) atoms. The van der Waals surface area contributed by atoms with E-state index in [4.69, 9.17) is 11.0 Å². The van der Waals surface area contributed by atoms with Crippen molar-refractivity contribution < 1.29 is 4.79 Å². The number of carbonyl (C=O) groups is 1. The Labute approximate surface area is 121 Å². The van der Waals surface area contributed by atoms with E-state index in [1.165, 1.54) is 0 Å². The molecule has 1 aromatic carbocycles. The first kappa shape index (κ1) is 16.2. The number of hydrogen-bond acceptors (Lipinski definition) is 3. The van der Waals surface area contributed by atoms with Gasteiger partial charge in [0.25, 0.3) is 0 Å². The zero-order chi connectivity index (χ0) is 15.3. The summed E-state index contributed by atoms with van der Waals surface area (Å²) in [5, 5.41) is 11.9. The summed E-state index contributed by atoms with van der Waals surface area (Å²) in [4.78, 5) is 11.9. The lowest BCUT2D eigenvalue weighted by atomic mass is 9.86. The van der Waals surface area contributed by atoms with Crippen molar-refractivity contribution in [2.24, 2.45) is 11.7 Å². The van der Waals surface area contributed by atoms with Gasteiger partial charge in [-0.3, -0.25) is 4.79 Å². The van der Waals surface area contributed by atoms with Gasteiger partial charge in [0, 0.05) is 5.69 Å². The molecule has 0 radical (unpaired) electrons. The van der Waals surface area contributed by atoms with Gasteiger partial charge in [-0.1, -0.05) is 26.0 Å². The largest absolute Gasteiger partial charge is 0.325 e. The average Bonchev–Trinajstić information content (AvgIpc) is 2.38. The average molecular weight is 273 g/mol. The van der Waals surface area contributed by atoms with Crippen molar-refractivity contribution in [2.75, 3.05) is 5.32 Å². The predicted octanol–water partition coefficient (Wildman–Crippen LogP) is 2.80. The molecule has 1 rings (SSSR count). The summed E-state index contributed by atoms with van der Waals surface area (Å²) in [6, 6.07) is 9.06. The Kier molecular flexibility index (Phi) is 5.29. The van der Waals surface area contributed by atoms with Crippen LogP contribution in [0.25, 0.3) is 0 Å². The molecule has 4 nitrogen and oxygen atoms in total. The van der Waals surface area contributed by atoms with Gasteiger partial charge in [-0.05, 0) is 43.9 Å². The third kappa shape index (κ3) is 4.36. The molecule has 0 bridgehead atoms. The summed E-state index contributed by atoms with van der Waals surface area (Å²) >= 11 is 0. The van der Waals surface area contributed by atoms with Gasteiger partial charge in [0.15, 0.2) is 0 Å². The second-order valence-corrected chi connectivity index (χ2v) is 6.04. The standard InChI is InChI=1S/C16H23N3O/c1-11(2)9-14(18)15(20)19-13-7-5-12(6-8-13)16(3,4)10-17/h5-8,11,14H,9,18H2,1-4H3,(H,19,20)/t14-/m1/s1. The zero-order valence-electron chi connectivity index (χ0n) is 12.6. The van der Waals surface area contributed by atoms with E-state index >= 15 is 0 Å². The lowest BCUT2D eigenvalue weighted by Crippen LogP contribution is -2.36. The van der Waals surface area contributed by atoms with E-state index in [9.17, 15) is 4.79 Å². The first-order valence-corrected chi connectivity index (χ1v) is 6.84. The fourth-order valence-corrected chi connectivity index (χ4v) is 1.88. The first-order chi connectivity index (χ1) is 9.26.